The summed E-state index contributed by atoms with van der Waals surface area (Å²) in [5.41, 5.74) is 1.19. The molecule has 2 heterocycles. The van der Waals surface area contributed by atoms with Crippen LogP contribution in [0.3, 0.4) is 0 Å². The van der Waals surface area contributed by atoms with E-state index < -0.39 is 0 Å². The molecular weight excluding hydrogens is 290 g/mol. The van der Waals surface area contributed by atoms with Crippen molar-refractivity contribution in [2.45, 2.75) is 26.2 Å². The Bertz CT molecular complexity index is 522. The lowest BCUT2D eigenvalue weighted by Gasteiger charge is -2.32. The van der Waals surface area contributed by atoms with Gasteiger partial charge in [0.1, 0.15) is 0 Å². The van der Waals surface area contributed by atoms with Crippen molar-refractivity contribution in [3.63, 3.8) is 0 Å². The molecule has 0 radical (unpaired) electrons. The fraction of sp³-hybridized carbons (Fsp3) is 0.600. The maximum atomic E-state index is 12.4. The minimum atomic E-state index is -0.162. The lowest BCUT2D eigenvalue weighted by Crippen LogP contribution is -2.39. The molecule has 1 fully saturated rings. The lowest BCUT2D eigenvalue weighted by atomic mass is 9.93. The molecule has 2 N–H and O–H groups in total. The first-order chi connectivity index (χ1) is 9.61. The van der Waals surface area contributed by atoms with Crippen LogP contribution in [0.15, 0.2) is 17.1 Å². The highest BCUT2D eigenvalue weighted by Gasteiger charge is 2.24. The van der Waals surface area contributed by atoms with Gasteiger partial charge in [-0.05, 0) is 51.3 Å². The molecule has 21 heavy (non-hydrogen) atoms. The molecule has 0 spiro atoms. The molecule has 1 amide bonds. The molecule has 0 unspecified atom stereocenters. The zero-order valence-corrected chi connectivity index (χ0v) is 13.5. The summed E-state index contributed by atoms with van der Waals surface area (Å²) in [5.74, 6) is 0.744. The molecule has 5 nitrogen and oxygen atoms in total. The van der Waals surface area contributed by atoms with Gasteiger partial charge < -0.3 is 15.2 Å². The Morgan fingerprint density at radius 1 is 1.43 bits per heavy atom. The monoisotopic (exact) mass is 313 g/mol. The molecule has 118 valence electrons. The molecule has 0 aromatic carbocycles. The standard InChI is InChI=1S/C15H23N3O2.ClH/c1-11-9-14(19)17-10-13(11)15(20)18-7-4-12(5-8-18)3-6-16-2;/h9-10,12,16H,3-8H2,1-2H3,(H,17,19);1H. The number of H-pyrrole nitrogens is 1. The van der Waals surface area contributed by atoms with E-state index in [0.717, 1.165) is 38.0 Å². The second-order valence-electron chi connectivity index (χ2n) is 5.52. The average Bonchev–Trinajstić information content (AvgIpc) is 2.45. The van der Waals surface area contributed by atoms with Gasteiger partial charge in [0.15, 0.2) is 0 Å². The van der Waals surface area contributed by atoms with Crippen LogP contribution >= 0.6 is 12.4 Å². The molecule has 1 aliphatic heterocycles. The smallest absolute Gasteiger partial charge is 0.255 e. The van der Waals surface area contributed by atoms with Gasteiger partial charge in [0, 0.05) is 25.4 Å². The number of aryl methyl sites for hydroxylation is 1. The van der Waals surface area contributed by atoms with Gasteiger partial charge in [-0.15, -0.1) is 12.4 Å². The van der Waals surface area contributed by atoms with Crippen molar-refractivity contribution in [2.75, 3.05) is 26.7 Å². The summed E-state index contributed by atoms with van der Waals surface area (Å²) in [4.78, 5) is 28.1. The number of likely N-dealkylation sites (tertiary alicyclic amines) is 1. The van der Waals surface area contributed by atoms with Gasteiger partial charge in [0.2, 0.25) is 5.56 Å². The van der Waals surface area contributed by atoms with E-state index in [-0.39, 0.29) is 23.9 Å². The van der Waals surface area contributed by atoms with E-state index in [1.165, 1.54) is 18.7 Å². The molecule has 1 saturated heterocycles. The Morgan fingerprint density at radius 3 is 2.67 bits per heavy atom. The molecule has 1 aromatic rings. The second-order valence-corrected chi connectivity index (χ2v) is 5.52. The zero-order chi connectivity index (χ0) is 14.5. The number of halogens is 1. The summed E-state index contributed by atoms with van der Waals surface area (Å²) in [6.07, 6.45) is 4.84. The Morgan fingerprint density at radius 2 is 2.10 bits per heavy atom. The van der Waals surface area contributed by atoms with Gasteiger partial charge in [0.05, 0.1) is 5.56 Å². The van der Waals surface area contributed by atoms with Crippen LogP contribution in [0.25, 0.3) is 0 Å². The third kappa shape index (κ3) is 4.58. The first-order valence-electron chi connectivity index (χ1n) is 7.25. The molecule has 0 aliphatic carbocycles. The average molecular weight is 314 g/mol. The summed E-state index contributed by atoms with van der Waals surface area (Å²) in [6, 6.07) is 1.48. The number of piperidine rings is 1. The fourth-order valence-corrected chi connectivity index (χ4v) is 2.75. The highest BCUT2D eigenvalue weighted by atomic mass is 35.5. The molecule has 0 bridgehead atoms. The van der Waals surface area contributed by atoms with Crippen molar-refractivity contribution in [3.05, 3.63) is 33.7 Å². The normalized spacial score (nSPS) is 15.6. The number of nitrogens with zero attached hydrogens (tertiary/aromatic N) is 1. The summed E-state index contributed by atoms with van der Waals surface area (Å²) >= 11 is 0. The first kappa shape index (κ1) is 17.7. The van der Waals surface area contributed by atoms with E-state index in [9.17, 15) is 9.59 Å². The summed E-state index contributed by atoms with van der Waals surface area (Å²) in [7, 11) is 1.97. The van der Waals surface area contributed by atoms with Crippen molar-refractivity contribution in [3.8, 4) is 0 Å². The van der Waals surface area contributed by atoms with Gasteiger partial charge in [-0.1, -0.05) is 0 Å². The van der Waals surface area contributed by atoms with Crippen LogP contribution in [0.5, 0.6) is 0 Å². The van der Waals surface area contributed by atoms with Crippen molar-refractivity contribution in [2.24, 2.45) is 5.92 Å². The molecule has 1 aromatic heterocycles. The van der Waals surface area contributed by atoms with Crippen LogP contribution in [0.2, 0.25) is 0 Å². The van der Waals surface area contributed by atoms with E-state index in [1.54, 1.807) is 0 Å². The maximum absolute atomic E-state index is 12.4. The number of hydrogen-bond donors (Lipinski definition) is 2. The van der Waals surface area contributed by atoms with Crippen LogP contribution < -0.4 is 10.9 Å². The zero-order valence-electron chi connectivity index (χ0n) is 12.6. The van der Waals surface area contributed by atoms with Crippen LogP contribution in [0.1, 0.15) is 35.2 Å². The molecule has 2 rings (SSSR count). The highest BCUT2D eigenvalue weighted by molar-refractivity contribution is 5.95. The van der Waals surface area contributed by atoms with Crippen LogP contribution in [-0.2, 0) is 0 Å². The molecule has 1 aliphatic rings. The van der Waals surface area contributed by atoms with Crippen LogP contribution in [0.4, 0.5) is 0 Å². The third-order valence-corrected chi connectivity index (χ3v) is 4.07. The van der Waals surface area contributed by atoms with E-state index in [2.05, 4.69) is 10.3 Å². The van der Waals surface area contributed by atoms with E-state index in [4.69, 9.17) is 0 Å². The van der Waals surface area contributed by atoms with Crippen molar-refractivity contribution >= 4 is 18.3 Å². The van der Waals surface area contributed by atoms with Gasteiger partial charge in [-0.3, -0.25) is 9.59 Å². The summed E-state index contributed by atoms with van der Waals surface area (Å²) in [5, 5.41) is 3.17. The quantitative estimate of drug-likeness (QED) is 0.887. The predicted octanol–water partition coefficient (Wildman–Crippen LogP) is 1.57. The van der Waals surface area contributed by atoms with Crippen molar-refractivity contribution in [1.29, 1.82) is 0 Å². The number of pyridine rings is 1. The minimum Gasteiger partial charge on any atom is -0.339 e. The Labute approximate surface area is 131 Å². The fourth-order valence-electron chi connectivity index (χ4n) is 2.75. The maximum Gasteiger partial charge on any atom is 0.255 e. The summed E-state index contributed by atoms with van der Waals surface area (Å²) < 4.78 is 0. The molecule has 0 atom stereocenters. The predicted molar refractivity (Wildman–Crippen MR) is 86.2 cm³/mol. The van der Waals surface area contributed by atoms with Gasteiger partial charge >= 0.3 is 0 Å². The first-order valence-corrected chi connectivity index (χ1v) is 7.25. The topological polar surface area (TPSA) is 65.2 Å². The SMILES string of the molecule is CNCCC1CCN(C(=O)c2c[nH]c(=O)cc2C)CC1.Cl. The lowest BCUT2D eigenvalue weighted by molar-refractivity contribution is 0.0686. The Hall–Kier alpha value is -1.33. The van der Waals surface area contributed by atoms with Gasteiger partial charge in [0.25, 0.3) is 5.91 Å². The summed E-state index contributed by atoms with van der Waals surface area (Å²) in [6.45, 7) is 4.47. The van der Waals surface area contributed by atoms with E-state index in [0.29, 0.717) is 11.5 Å². The van der Waals surface area contributed by atoms with Gasteiger partial charge in [-0.25, -0.2) is 0 Å². The highest BCUT2D eigenvalue weighted by Crippen LogP contribution is 2.21. The number of aromatic amines is 1. The minimum absolute atomic E-state index is 0. The third-order valence-electron chi connectivity index (χ3n) is 4.07. The number of carbonyl (C=O) groups is 1. The number of nitrogens with one attached hydrogen (secondary N) is 2. The van der Waals surface area contributed by atoms with Crippen LogP contribution in [0, 0.1) is 12.8 Å². The Kier molecular flexibility index (Phi) is 6.92. The van der Waals surface area contributed by atoms with Crippen molar-refractivity contribution < 1.29 is 4.79 Å². The van der Waals surface area contributed by atoms with Crippen molar-refractivity contribution in [1.82, 2.24) is 15.2 Å². The van der Waals surface area contributed by atoms with Crippen LogP contribution in [-0.4, -0.2) is 42.5 Å². The molecule has 0 saturated carbocycles. The number of rotatable bonds is 4. The van der Waals surface area contributed by atoms with E-state index >= 15 is 0 Å². The van der Waals surface area contributed by atoms with E-state index in [1.807, 2.05) is 18.9 Å². The number of carbonyl (C=O) groups excluding carboxylic acids is 1. The number of amides is 1. The van der Waals surface area contributed by atoms with Gasteiger partial charge in [-0.2, -0.15) is 0 Å². The largest absolute Gasteiger partial charge is 0.339 e. The molecular formula is C15H24ClN3O2. The molecule has 6 heteroatoms. The number of hydrogen-bond acceptors (Lipinski definition) is 3. The number of aromatic nitrogens is 1. The Balaban J connectivity index is 0.00000220. The second kappa shape index (κ2) is 8.20.